The van der Waals surface area contributed by atoms with E-state index in [0.29, 0.717) is 38.0 Å². The lowest BCUT2D eigenvalue weighted by atomic mass is 10.2. The number of rotatable bonds is 4. The van der Waals surface area contributed by atoms with Crippen molar-refractivity contribution in [2.24, 2.45) is 5.14 Å². The molecule has 1 unspecified atom stereocenters. The maximum absolute atomic E-state index is 11.3. The van der Waals surface area contributed by atoms with E-state index in [1.807, 2.05) is 37.3 Å². The summed E-state index contributed by atoms with van der Waals surface area (Å²) < 4.78 is 29.7. The average molecular weight is 337 g/mol. The lowest BCUT2D eigenvalue weighted by Crippen LogP contribution is -2.51. The largest absolute Gasteiger partial charge is 0.419 e. The maximum atomic E-state index is 11.3. The first-order valence-electron chi connectivity index (χ1n) is 7.36. The van der Waals surface area contributed by atoms with Crippen LogP contribution in [0.2, 0.25) is 0 Å². The van der Waals surface area contributed by atoms with Gasteiger partial charge in [-0.3, -0.25) is 4.90 Å². The quantitative estimate of drug-likeness (QED) is 0.876. The highest BCUT2D eigenvalue weighted by molar-refractivity contribution is 7.86. The van der Waals surface area contributed by atoms with Crippen LogP contribution in [0, 0.1) is 0 Å². The van der Waals surface area contributed by atoms with Gasteiger partial charge >= 0.3 is 0 Å². The molecule has 2 heterocycles. The van der Waals surface area contributed by atoms with Crippen molar-refractivity contribution in [2.45, 2.75) is 13.0 Å². The van der Waals surface area contributed by atoms with Gasteiger partial charge in [0.05, 0.1) is 6.04 Å². The van der Waals surface area contributed by atoms with Gasteiger partial charge in [-0.05, 0) is 19.1 Å². The maximum Gasteiger partial charge on any atom is 0.276 e. The van der Waals surface area contributed by atoms with Crippen molar-refractivity contribution in [1.82, 2.24) is 19.4 Å². The highest BCUT2D eigenvalue weighted by Gasteiger charge is 2.29. The second-order valence-electron chi connectivity index (χ2n) is 5.47. The normalized spacial score (nSPS) is 18.9. The summed E-state index contributed by atoms with van der Waals surface area (Å²) in [4.78, 5) is 2.10. The first-order valence-corrected chi connectivity index (χ1v) is 8.86. The van der Waals surface area contributed by atoms with Crippen molar-refractivity contribution in [2.75, 3.05) is 26.2 Å². The summed E-state index contributed by atoms with van der Waals surface area (Å²) in [6.45, 7) is 3.84. The number of nitrogens with two attached hydrogens (primary N) is 1. The van der Waals surface area contributed by atoms with E-state index >= 15 is 0 Å². The minimum Gasteiger partial charge on any atom is -0.419 e. The molecule has 1 aromatic heterocycles. The van der Waals surface area contributed by atoms with Crippen molar-refractivity contribution in [3.8, 4) is 11.5 Å². The first-order chi connectivity index (χ1) is 10.9. The molecule has 8 nitrogen and oxygen atoms in total. The van der Waals surface area contributed by atoms with E-state index in [0.717, 1.165) is 5.56 Å². The standard InChI is InChI=1S/C14H19N5O3S/c1-11(18-7-9-19(10-8-18)23(15,20)21)13-16-17-14(22-13)12-5-3-2-4-6-12/h2-6,11H,7-10H2,1H3,(H2,15,20,21). The van der Waals surface area contributed by atoms with Crippen molar-refractivity contribution in [1.29, 1.82) is 0 Å². The smallest absolute Gasteiger partial charge is 0.276 e. The second-order valence-corrected chi connectivity index (χ2v) is 7.01. The van der Waals surface area contributed by atoms with Crippen LogP contribution in [-0.4, -0.2) is 54.0 Å². The SMILES string of the molecule is CC(c1nnc(-c2ccccc2)o1)N1CCN(S(N)(=O)=O)CC1. The van der Waals surface area contributed by atoms with Crippen LogP contribution in [-0.2, 0) is 10.2 Å². The summed E-state index contributed by atoms with van der Waals surface area (Å²) in [5.41, 5.74) is 0.873. The molecule has 0 saturated carbocycles. The van der Waals surface area contributed by atoms with Crippen LogP contribution in [0.1, 0.15) is 18.9 Å². The molecule has 2 aromatic rings. The summed E-state index contributed by atoms with van der Waals surface area (Å²) >= 11 is 0. The van der Waals surface area contributed by atoms with Gasteiger partial charge in [-0.25, -0.2) is 5.14 Å². The lowest BCUT2D eigenvalue weighted by Gasteiger charge is -2.35. The fourth-order valence-corrected chi connectivity index (χ4v) is 3.27. The van der Waals surface area contributed by atoms with Crippen LogP contribution in [0.25, 0.3) is 11.5 Å². The predicted molar refractivity (Wildman–Crippen MR) is 84.4 cm³/mol. The molecule has 1 aromatic carbocycles. The summed E-state index contributed by atoms with van der Waals surface area (Å²) in [5, 5.41) is 13.4. The summed E-state index contributed by atoms with van der Waals surface area (Å²) in [7, 11) is -3.62. The van der Waals surface area contributed by atoms with Crippen LogP contribution < -0.4 is 5.14 Å². The van der Waals surface area contributed by atoms with Crippen LogP contribution in [0.4, 0.5) is 0 Å². The third-order valence-electron chi connectivity index (χ3n) is 4.00. The van der Waals surface area contributed by atoms with Gasteiger partial charge in [0.1, 0.15) is 0 Å². The number of aromatic nitrogens is 2. The van der Waals surface area contributed by atoms with Gasteiger partial charge in [0.25, 0.3) is 10.2 Å². The minimum atomic E-state index is -3.62. The Bertz CT molecular complexity index is 754. The number of benzene rings is 1. The average Bonchev–Trinajstić information content (AvgIpc) is 3.04. The Balaban J connectivity index is 1.68. The molecule has 0 aliphatic carbocycles. The molecule has 1 fully saturated rings. The van der Waals surface area contributed by atoms with Crippen LogP contribution >= 0.6 is 0 Å². The molecule has 23 heavy (non-hydrogen) atoms. The van der Waals surface area contributed by atoms with Gasteiger partial charge in [-0.15, -0.1) is 10.2 Å². The van der Waals surface area contributed by atoms with E-state index in [-0.39, 0.29) is 6.04 Å². The second kappa shape index (κ2) is 6.36. The predicted octanol–water partition coefficient (Wildman–Crippen LogP) is 0.619. The number of hydrogen-bond donors (Lipinski definition) is 1. The molecule has 1 aliphatic rings. The summed E-state index contributed by atoms with van der Waals surface area (Å²) in [6, 6.07) is 9.49. The van der Waals surface area contributed by atoms with Crippen LogP contribution in [0.15, 0.2) is 34.7 Å². The Hall–Kier alpha value is -1.81. The van der Waals surface area contributed by atoms with Crippen molar-refractivity contribution < 1.29 is 12.8 Å². The lowest BCUT2D eigenvalue weighted by molar-refractivity contribution is 0.129. The molecule has 3 rings (SSSR count). The summed E-state index contributed by atoms with van der Waals surface area (Å²) in [5.74, 6) is 1.00. The van der Waals surface area contributed by atoms with E-state index in [2.05, 4.69) is 15.1 Å². The molecule has 1 saturated heterocycles. The van der Waals surface area contributed by atoms with Crippen LogP contribution in [0.3, 0.4) is 0 Å². The minimum absolute atomic E-state index is 0.0809. The van der Waals surface area contributed by atoms with Gasteiger partial charge in [0, 0.05) is 31.7 Å². The Morgan fingerprint density at radius 2 is 1.78 bits per heavy atom. The van der Waals surface area contributed by atoms with E-state index in [9.17, 15) is 8.42 Å². The highest BCUT2D eigenvalue weighted by Crippen LogP contribution is 2.24. The molecule has 0 spiro atoms. The Morgan fingerprint density at radius 1 is 1.13 bits per heavy atom. The zero-order chi connectivity index (χ0) is 16.4. The number of hydrogen-bond acceptors (Lipinski definition) is 6. The van der Waals surface area contributed by atoms with E-state index in [1.54, 1.807) is 0 Å². The molecule has 124 valence electrons. The monoisotopic (exact) mass is 337 g/mol. The van der Waals surface area contributed by atoms with E-state index in [1.165, 1.54) is 4.31 Å². The molecule has 2 N–H and O–H groups in total. The first kappa shape index (κ1) is 16.1. The Labute approximate surface area is 135 Å². The number of nitrogens with zero attached hydrogens (tertiary/aromatic N) is 4. The van der Waals surface area contributed by atoms with Gasteiger partial charge in [-0.2, -0.15) is 12.7 Å². The van der Waals surface area contributed by atoms with E-state index in [4.69, 9.17) is 9.56 Å². The fraction of sp³-hybridized carbons (Fsp3) is 0.429. The zero-order valence-corrected chi connectivity index (χ0v) is 13.6. The van der Waals surface area contributed by atoms with Crippen molar-refractivity contribution in [3.05, 3.63) is 36.2 Å². The fourth-order valence-electron chi connectivity index (χ4n) is 2.60. The molecule has 0 amide bonds. The molecule has 0 bridgehead atoms. The Kier molecular flexibility index (Phi) is 4.44. The Morgan fingerprint density at radius 3 is 2.39 bits per heavy atom. The molecular weight excluding hydrogens is 318 g/mol. The van der Waals surface area contributed by atoms with Gasteiger partial charge in [0.15, 0.2) is 0 Å². The van der Waals surface area contributed by atoms with E-state index < -0.39 is 10.2 Å². The van der Waals surface area contributed by atoms with Crippen molar-refractivity contribution >= 4 is 10.2 Å². The number of piperazine rings is 1. The van der Waals surface area contributed by atoms with Crippen LogP contribution in [0.5, 0.6) is 0 Å². The van der Waals surface area contributed by atoms with Gasteiger partial charge in [0.2, 0.25) is 11.8 Å². The molecule has 1 aliphatic heterocycles. The molecular formula is C14H19N5O3S. The summed E-state index contributed by atoms with van der Waals surface area (Å²) in [6.07, 6.45) is 0. The van der Waals surface area contributed by atoms with Gasteiger partial charge in [-0.1, -0.05) is 18.2 Å². The third-order valence-corrected chi connectivity index (χ3v) is 5.08. The molecule has 9 heteroatoms. The zero-order valence-electron chi connectivity index (χ0n) is 12.8. The third kappa shape index (κ3) is 3.58. The molecule has 0 radical (unpaired) electrons. The van der Waals surface area contributed by atoms with Crippen molar-refractivity contribution in [3.63, 3.8) is 0 Å². The topological polar surface area (TPSA) is 106 Å². The highest BCUT2D eigenvalue weighted by atomic mass is 32.2. The van der Waals surface area contributed by atoms with Gasteiger partial charge < -0.3 is 4.42 Å². The molecule has 1 atom stereocenters.